The van der Waals surface area contributed by atoms with Gasteiger partial charge in [-0.2, -0.15) is 13.2 Å². The molecule has 0 saturated carbocycles. The van der Waals surface area contributed by atoms with Crippen molar-refractivity contribution < 1.29 is 27.5 Å². The van der Waals surface area contributed by atoms with Gasteiger partial charge in [-0.3, -0.25) is 4.79 Å². The first-order chi connectivity index (χ1) is 18.1. The Morgan fingerprint density at radius 1 is 1.05 bits per heavy atom. The molecule has 1 heterocycles. The molecule has 2 amide bonds. The number of carbonyl (C=O) groups excluding carboxylic acids is 2. The summed E-state index contributed by atoms with van der Waals surface area (Å²) in [7, 11) is 0. The van der Waals surface area contributed by atoms with Crippen LogP contribution in [0, 0.1) is 6.92 Å². The van der Waals surface area contributed by atoms with E-state index in [-0.39, 0.29) is 24.7 Å². The number of aryl methyl sites for hydroxylation is 1. The van der Waals surface area contributed by atoms with Gasteiger partial charge >= 0.3 is 12.3 Å². The summed E-state index contributed by atoms with van der Waals surface area (Å²) < 4.78 is 46.2. The number of halogens is 4. The van der Waals surface area contributed by atoms with E-state index in [0.29, 0.717) is 11.1 Å². The molecular formula is C29H31ClF3N3O3. The maximum Gasteiger partial charge on any atom is 0.433 e. The van der Waals surface area contributed by atoms with Crippen LogP contribution in [-0.4, -0.2) is 27.0 Å². The van der Waals surface area contributed by atoms with Gasteiger partial charge in [0.25, 0.3) is 0 Å². The zero-order valence-electron chi connectivity index (χ0n) is 22.4. The van der Waals surface area contributed by atoms with Crippen molar-refractivity contribution in [2.75, 3.05) is 0 Å². The number of aromatic nitrogens is 1. The van der Waals surface area contributed by atoms with E-state index in [0.717, 1.165) is 27.2 Å². The average molecular weight is 562 g/mol. The van der Waals surface area contributed by atoms with Crippen LogP contribution in [-0.2, 0) is 28.8 Å². The van der Waals surface area contributed by atoms with Crippen molar-refractivity contribution in [3.05, 3.63) is 88.6 Å². The van der Waals surface area contributed by atoms with Crippen molar-refractivity contribution in [1.29, 1.82) is 0 Å². The predicted octanol–water partition coefficient (Wildman–Crippen LogP) is 7.39. The van der Waals surface area contributed by atoms with Gasteiger partial charge in [-0.15, -0.1) is 0 Å². The van der Waals surface area contributed by atoms with Crippen LogP contribution in [0.25, 0.3) is 11.3 Å². The highest BCUT2D eigenvalue weighted by Crippen LogP contribution is 2.31. The van der Waals surface area contributed by atoms with E-state index >= 15 is 0 Å². The Kier molecular flexibility index (Phi) is 9.27. The molecule has 3 rings (SSSR count). The normalized spacial score (nSPS) is 12.5. The molecule has 0 spiro atoms. The van der Waals surface area contributed by atoms with Crippen molar-refractivity contribution in [2.45, 2.75) is 65.4 Å². The molecule has 0 aliphatic rings. The minimum Gasteiger partial charge on any atom is -0.443 e. The Hall–Kier alpha value is -3.59. The zero-order valence-corrected chi connectivity index (χ0v) is 23.2. The summed E-state index contributed by atoms with van der Waals surface area (Å²) in [5.74, 6) is -0.840. The summed E-state index contributed by atoms with van der Waals surface area (Å²) in [5, 5.41) is 2.81. The van der Waals surface area contributed by atoms with Crippen molar-refractivity contribution in [3.63, 3.8) is 0 Å². The number of pyridine rings is 1. The van der Waals surface area contributed by atoms with Gasteiger partial charge < -0.3 is 10.1 Å². The number of hydrogen-bond acceptors (Lipinski definition) is 4. The lowest BCUT2D eigenvalue weighted by atomic mass is 9.98. The first-order valence-electron chi connectivity index (χ1n) is 12.3. The van der Waals surface area contributed by atoms with Gasteiger partial charge in [0.15, 0.2) is 0 Å². The molecule has 0 aliphatic heterocycles. The summed E-state index contributed by atoms with van der Waals surface area (Å²) in [6.07, 6.45) is -5.25. The number of alkyl halides is 3. The highest BCUT2D eigenvalue weighted by molar-refractivity contribution is 6.20. The summed E-state index contributed by atoms with van der Waals surface area (Å²) in [6.45, 7) is 8.92. The minimum absolute atomic E-state index is 0.00671. The highest BCUT2D eigenvalue weighted by Gasteiger charge is 2.33. The second-order valence-electron chi connectivity index (χ2n) is 10.3. The van der Waals surface area contributed by atoms with Gasteiger partial charge in [0, 0.05) is 23.9 Å². The Bertz CT molecular complexity index is 1320. The molecule has 10 heteroatoms. The first kappa shape index (κ1) is 30.0. The van der Waals surface area contributed by atoms with Crippen molar-refractivity contribution in [2.24, 2.45) is 0 Å². The zero-order chi connectivity index (χ0) is 29.0. The van der Waals surface area contributed by atoms with Gasteiger partial charge in [0.2, 0.25) is 5.91 Å². The lowest BCUT2D eigenvalue weighted by Gasteiger charge is -2.23. The van der Waals surface area contributed by atoms with Crippen LogP contribution in [0.5, 0.6) is 0 Å². The first-order valence-corrected chi connectivity index (χ1v) is 12.6. The van der Waals surface area contributed by atoms with E-state index in [1.54, 1.807) is 70.2 Å². The second-order valence-corrected chi connectivity index (χ2v) is 10.7. The molecule has 0 aliphatic carbocycles. The molecule has 208 valence electrons. The summed E-state index contributed by atoms with van der Waals surface area (Å²) in [5.41, 5.74) is 1.84. The third kappa shape index (κ3) is 8.45. The molecule has 1 N–H and O–H groups in total. The summed E-state index contributed by atoms with van der Waals surface area (Å²) in [6, 6.07) is 16.3. The fraction of sp³-hybridized carbons (Fsp3) is 0.345. The largest absolute Gasteiger partial charge is 0.443 e. The predicted molar refractivity (Wildman–Crippen MR) is 144 cm³/mol. The number of nitrogens with one attached hydrogen (secondary N) is 1. The second kappa shape index (κ2) is 12.1. The van der Waals surface area contributed by atoms with E-state index < -0.39 is 29.5 Å². The molecule has 6 nitrogen and oxygen atoms in total. The van der Waals surface area contributed by atoms with Gasteiger partial charge in [0.1, 0.15) is 11.3 Å². The van der Waals surface area contributed by atoms with E-state index in [9.17, 15) is 22.8 Å². The number of rotatable bonds is 7. The smallest absolute Gasteiger partial charge is 0.433 e. The minimum atomic E-state index is -4.59. The van der Waals surface area contributed by atoms with Crippen LogP contribution in [0.1, 0.15) is 61.6 Å². The fourth-order valence-corrected chi connectivity index (χ4v) is 3.94. The molecule has 0 bridgehead atoms. The average Bonchev–Trinajstić information content (AvgIpc) is 2.85. The van der Waals surface area contributed by atoms with Crippen LogP contribution in [0.2, 0.25) is 0 Å². The number of carbonyl (C=O) groups is 2. The summed E-state index contributed by atoms with van der Waals surface area (Å²) >= 11 is 6.05. The Morgan fingerprint density at radius 2 is 1.72 bits per heavy atom. The molecule has 1 atom stereocenters. The summed E-state index contributed by atoms with van der Waals surface area (Å²) in [4.78, 5) is 28.9. The van der Waals surface area contributed by atoms with Gasteiger partial charge in [0.05, 0.1) is 18.2 Å². The van der Waals surface area contributed by atoms with Crippen LogP contribution >= 0.6 is 11.8 Å². The molecule has 1 unspecified atom stereocenters. The maximum atomic E-state index is 13.3. The molecular weight excluding hydrogens is 531 g/mol. The van der Waals surface area contributed by atoms with Crippen LogP contribution in [0.4, 0.5) is 18.0 Å². The molecule has 39 heavy (non-hydrogen) atoms. The van der Waals surface area contributed by atoms with Crippen LogP contribution < -0.4 is 5.32 Å². The number of amides is 2. The third-order valence-electron chi connectivity index (χ3n) is 5.80. The molecule has 0 saturated heterocycles. The standard InChI is InChI=1S/C29H31ClF3N3O3/c1-18-7-6-8-22(15-18)25-23(13-14-24(35-25)29(31,32)33)16-34-26(37)19(2)21-11-9-20(10-12-21)17-36(30)27(38)39-28(3,4)5/h6-15,19H,16-17H2,1-5H3,(H,34,37). The van der Waals surface area contributed by atoms with Gasteiger partial charge in [-0.1, -0.05) is 54.1 Å². The fourth-order valence-electron chi connectivity index (χ4n) is 3.77. The number of nitrogens with zero attached hydrogens (tertiary/aromatic N) is 2. The van der Waals surface area contributed by atoms with Crippen molar-refractivity contribution in [1.82, 2.24) is 14.7 Å². The Labute approximate surface area is 231 Å². The third-order valence-corrected chi connectivity index (χ3v) is 6.06. The van der Waals surface area contributed by atoms with E-state index in [1.807, 2.05) is 13.0 Å². The van der Waals surface area contributed by atoms with Gasteiger partial charge in [-0.25, -0.2) is 14.2 Å². The van der Waals surface area contributed by atoms with E-state index in [2.05, 4.69) is 10.3 Å². The van der Waals surface area contributed by atoms with E-state index in [1.165, 1.54) is 6.07 Å². The SMILES string of the molecule is Cc1cccc(-c2nc(C(F)(F)F)ccc2CNC(=O)C(C)c2ccc(CN(Cl)C(=O)OC(C)(C)C)cc2)c1. The number of benzene rings is 2. The quantitative estimate of drug-likeness (QED) is 0.305. The molecule has 2 aromatic carbocycles. The van der Waals surface area contributed by atoms with Crippen molar-refractivity contribution >= 4 is 23.8 Å². The lowest BCUT2D eigenvalue weighted by Crippen LogP contribution is -2.31. The Morgan fingerprint density at radius 3 is 2.31 bits per heavy atom. The number of ether oxygens (including phenoxy) is 1. The highest BCUT2D eigenvalue weighted by atomic mass is 35.5. The molecule has 1 aromatic heterocycles. The van der Waals surface area contributed by atoms with E-state index in [4.69, 9.17) is 16.5 Å². The van der Waals surface area contributed by atoms with Crippen molar-refractivity contribution in [3.8, 4) is 11.3 Å². The maximum absolute atomic E-state index is 13.3. The molecule has 0 radical (unpaired) electrons. The lowest BCUT2D eigenvalue weighted by molar-refractivity contribution is -0.141. The van der Waals surface area contributed by atoms with Crippen LogP contribution in [0.15, 0.2) is 60.7 Å². The molecule has 0 fully saturated rings. The monoisotopic (exact) mass is 561 g/mol. The van der Waals surface area contributed by atoms with Gasteiger partial charge in [-0.05, 0) is 63.4 Å². The van der Waals surface area contributed by atoms with Crippen LogP contribution in [0.3, 0.4) is 0 Å². The topological polar surface area (TPSA) is 71.5 Å². The number of hydrogen-bond donors (Lipinski definition) is 1. The Balaban J connectivity index is 1.69. The molecule has 3 aromatic rings.